The van der Waals surface area contributed by atoms with Crippen LogP contribution >= 0.6 is 11.6 Å². The average molecular weight is 395 g/mol. The van der Waals surface area contributed by atoms with Crippen molar-refractivity contribution in [2.75, 3.05) is 26.2 Å². The molecule has 1 aliphatic carbocycles. The predicted octanol–water partition coefficient (Wildman–Crippen LogP) is 4.38. The third-order valence-electron chi connectivity index (χ3n) is 6.05. The average Bonchev–Trinajstić information content (AvgIpc) is 3.28. The quantitative estimate of drug-likeness (QED) is 0.802. The maximum atomic E-state index is 13.0. The second-order valence-electron chi connectivity index (χ2n) is 7.92. The van der Waals surface area contributed by atoms with Crippen molar-refractivity contribution in [3.8, 4) is 0 Å². The minimum Gasteiger partial charge on any atom is -0.385 e. The highest BCUT2D eigenvalue weighted by Crippen LogP contribution is 2.50. The smallest absolute Gasteiger partial charge is 0.251 e. The number of allylic oxidation sites excluding steroid dienone is 1. The van der Waals surface area contributed by atoms with Gasteiger partial charge in [0.05, 0.1) is 5.60 Å². The van der Waals surface area contributed by atoms with Gasteiger partial charge in [-0.1, -0.05) is 23.7 Å². The van der Waals surface area contributed by atoms with Gasteiger partial charge in [0.2, 0.25) is 0 Å². The van der Waals surface area contributed by atoms with Gasteiger partial charge in [0.25, 0.3) is 5.92 Å². The molecule has 1 saturated heterocycles. The molecular weight excluding hydrogens is 370 g/mol. The van der Waals surface area contributed by atoms with Gasteiger partial charge in [-0.05, 0) is 49.1 Å². The Labute approximate surface area is 163 Å². The van der Waals surface area contributed by atoms with E-state index in [-0.39, 0.29) is 6.42 Å². The number of piperidine rings is 1. The van der Waals surface area contributed by atoms with Crippen LogP contribution in [0.5, 0.6) is 0 Å². The summed E-state index contributed by atoms with van der Waals surface area (Å²) < 4.78 is 26.0. The van der Waals surface area contributed by atoms with E-state index in [1.54, 1.807) is 0 Å². The molecule has 146 valence electrons. The molecule has 4 rings (SSSR count). The molecule has 27 heavy (non-hydrogen) atoms. The van der Waals surface area contributed by atoms with Crippen LogP contribution in [0.25, 0.3) is 0 Å². The lowest BCUT2D eigenvalue weighted by Crippen LogP contribution is -2.42. The van der Waals surface area contributed by atoms with Gasteiger partial charge in [-0.15, -0.1) is 0 Å². The zero-order chi connectivity index (χ0) is 19.1. The lowest BCUT2D eigenvalue weighted by Gasteiger charge is -2.41. The number of aliphatic hydroxyl groups is 1. The maximum absolute atomic E-state index is 13.0. The SMILES string of the molecule is OC1(c2ccc(Cl)cc2)CCN(C2=CCN(CCC3CC3(F)F)C=C2)CC1. The van der Waals surface area contributed by atoms with Crippen molar-refractivity contribution in [2.45, 2.75) is 37.2 Å². The fourth-order valence-corrected chi connectivity index (χ4v) is 4.14. The van der Waals surface area contributed by atoms with E-state index >= 15 is 0 Å². The number of hydrogen-bond acceptors (Lipinski definition) is 3. The second-order valence-corrected chi connectivity index (χ2v) is 8.35. The molecule has 0 radical (unpaired) electrons. The molecule has 2 aliphatic heterocycles. The van der Waals surface area contributed by atoms with Crippen LogP contribution in [0.2, 0.25) is 5.02 Å². The molecule has 2 heterocycles. The van der Waals surface area contributed by atoms with Crippen molar-refractivity contribution < 1.29 is 13.9 Å². The van der Waals surface area contributed by atoms with Gasteiger partial charge in [0.15, 0.2) is 0 Å². The first-order valence-electron chi connectivity index (χ1n) is 9.59. The van der Waals surface area contributed by atoms with E-state index < -0.39 is 17.4 Å². The van der Waals surface area contributed by atoms with Crippen LogP contribution in [0.4, 0.5) is 8.78 Å². The number of benzene rings is 1. The zero-order valence-electron chi connectivity index (χ0n) is 15.3. The summed E-state index contributed by atoms with van der Waals surface area (Å²) in [5.41, 5.74) is 1.27. The Balaban J connectivity index is 1.27. The first kappa shape index (κ1) is 18.8. The number of rotatable bonds is 5. The van der Waals surface area contributed by atoms with E-state index in [2.05, 4.69) is 22.0 Å². The Morgan fingerprint density at radius 2 is 1.81 bits per heavy atom. The first-order chi connectivity index (χ1) is 12.9. The number of halogens is 3. The summed E-state index contributed by atoms with van der Waals surface area (Å²) in [4.78, 5) is 4.37. The largest absolute Gasteiger partial charge is 0.385 e. The van der Waals surface area contributed by atoms with Gasteiger partial charge >= 0.3 is 0 Å². The Morgan fingerprint density at radius 1 is 1.15 bits per heavy atom. The van der Waals surface area contributed by atoms with Gasteiger partial charge in [-0.2, -0.15) is 0 Å². The molecular formula is C21H25ClF2N2O. The van der Waals surface area contributed by atoms with Gasteiger partial charge in [0.1, 0.15) is 0 Å². The summed E-state index contributed by atoms with van der Waals surface area (Å²) in [7, 11) is 0. The van der Waals surface area contributed by atoms with Gasteiger partial charge in [-0.3, -0.25) is 0 Å². The molecule has 0 spiro atoms. The summed E-state index contributed by atoms with van der Waals surface area (Å²) in [6, 6.07) is 7.44. The lowest BCUT2D eigenvalue weighted by molar-refractivity contribution is -0.0180. The van der Waals surface area contributed by atoms with E-state index in [1.165, 1.54) is 0 Å². The van der Waals surface area contributed by atoms with Crippen LogP contribution in [-0.2, 0) is 5.60 Å². The molecule has 1 saturated carbocycles. The van der Waals surface area contributed by atoms with Crippen LogP contribution in [-0.4, -0.2) is 47.0 Å². The molecule has 3 nitrogen and oxygen atoms in total. The molecule has 0 amide bonds. The van der Waals surface area contributed by atoms with E-state index in [9.17, 15) is 13.9 Å². The predicted molar refractivity (Wildman–Crippen MR) is 103 cm³/mol. The van der Waals surface area contributed by atoms with Crippen LogP contribution in [0.3, 0.4) is 0 Å². The van der Waals surface area contributed by atoms with Crippen molar-refractivity contribution in [1.82, 2.24) is 9.80 Å². The Bertz CT molecular complexity index is 739. The van der Waals surface area contributed by atoms with Gasteiger partial charge < -0.3 is 14.9 Å². The molecule has 1 atom stereocenters. The number of nitrogens with zero attached hydrogens (tertiary/aromatic N) is 2. The van der Waals surface area contributed by atoms with Crippen LogP contribution in [0, 0.1) is 5.92 Å². The topological polar surface area (TPSA) is 26.7 Å². The molecule has 0 aromatic heterocycles. The maximum Gasteiger partial charge on any atom is 0.251 e. The Kier molecular flexibility index (Phi) is 4.93. The molecule has 1 unspecified atom stereocenters. The highest BCUT2D eigenvalue weighted by atomic mass is 35.5. The highest BCUT2D eigenvalue weighted by molar-refractivity contribution is 6.30. The van der Waals surface area contributed by atoms with E-state index in [0.717, 1.165) is 30.9 Å². The van der Waals surface area contributed by atoms with Gasteiger partial charge in [-0.25, -0.2) is 8.78 Å². The summed E-state index contributed by atoms with van der Waals surface area (Å²) >= 11 is 5.94. The van der Waals surface area contributed by atoms with E-state index in [0.29, 0.717) is 30.8 Å². The first-order valence-corrected chi connectivity index (χ1v) is 9.97. The van der Waals surface area contributed by atoms with Crippen molar-refractivity contribution in [2.24, 2.45) is 5.92 Å². The van der Waals surface area contributed by atoms with Crippen LogP contribution in [0.1, 0.15) is 31.2 Å². The summed E-state index contributed by atoms with van der Waals surface area (Å²) in [6.07, 6.45) is 8.16. The Morgan fingerprint density at radius 3 is 2.37 bits per heavy atom. The molecule has 2 fully saturated rings. The fourth-order valence-electron chi connectivity index (χ4n) is 4.01. The Hall–Kier alpha value is -1.59. The molecule has 1 N–H and O–H groups in total. The monoisotopic (exact) mass is 394 g/mol. The van der Waals surface area contributed by atoms with Crippen molar-refractivity contribution in [3.63, 3.8) is 0 Å². The van der Waals surface area contributed by atoms with E-state index in [4.69, 9.17) is 11.6 Å². The normalized spacial score (nSPS) is 26.1. The summed E-state index contributed by atoms with van der Waals surface area (Å²) in [5, 5.41) is 11.7. The zero-order valence-corrected chi connectivity index (χ0v) is 16.0. The highest BCUT2D eigenvalue weighted by Gasteiger charge is 2.56. The summed E-state index contributed by atoms with van der Waals surface area (Å²) in [5.74, 6) is -2.85. The number of likely N-dealkylation sites (tertiary alicyclic amines) is 1. The third kappa shape index (κ3) is 4.14. The molecule has 6 heteroatoms. The number of alkyl halides is 2. The van der Waals surface area contributed by atoms with Gasteiger partial charge in [0, 0.05) is 55.4 Å². The standard InChI is InChI=1S/C21H25ClF2N2O/c22-18-3-1-16(2-4-18)20(27)8-13-26(14-9-20)19-6-11-25(12-7-19)10-5-17-15-21(17,23)24/h1-4,6-7,11,17,27H,5,8-10,12-15H2. The molecule has 1 aromatic carbocycles. The second kappa shape index (κ2) is 7.10. The summed E-state index contributed by atoms with van der Waals surface area (Å²) in [6.45, 7) is 2.99. The van der Waals surface area contributed by atoms with E-state index in [1.807, 2.05) is 30.5 Å². The molecule has 1 aromatic rings. The lowest BCUT2D eigenvalue weighted by atomic mass is 9.84. The minimum atomic E-state index is -2.42. The van der Waals surface area contributed by atoms with Crippen molar-refractivity contribution in [3.05, 3.63) is 58.9 Å². The molecule has 3 aliphatic rings. The third-order valence-corrected chi connectivity index (χ3v) is 6.30. The molecule has 0 bridgehead atoms. The van der Waals surface area contributed by atoms with Crippen molar-refractivity contribution in [1.29, 1.82) is 0 Å². The fraction of sp³-hybridized carbons (Fsp3) is 0.524. The number of hydrogen-bond donors (Lipinski definition) is 1. The van der Waals surface area contributed by atoms with Crippen LogP contribution < -0.4 is 0 Å². The van der Waals surface area contributed by atoms with Crippen molar-refractivity contribution >= 4 is 11.6 Å². The minimum absolute atomic E-state index is 0.0515. The van der Waals surface area contributed by atoms with Crippen LogP contribution in [0.15, 0.2) is 48.3 Å².